The SMILES string of the molecule is O=C(CCNC(=O)c1ccc(Cl)cc1)OCc1cc(Cl)c2c(c1)OCCO2. The van der Waals surface area contributed by atoms with Gasteiger partial charge in [-0.05, 0) is 42.0 Å². The molecule has 142 valence electrons. The van der Waals surface area contributed by atoms with E-state index in [4.69, 9.17) is 37.4 Å². The van der Waals surface area contributed by atoms with Gasteiger partial charge in [-0.25, -0.2) is 0 Å². The Morgan fingerprint density at radius 3 is 2.59 bits per heavy atom. The van der Waals surface area contributed by atoms with Gasteiger partial charge in [0.2, 0.25) is 0 Å². The molecule has 1 amide bonds. The van der Waals surface area contributed by atoms with Crippen LogP contribution in [0, 0.1) is 0 Å². The van der Waals surface area contributed by atoms with E-state index in [1.54, 1.807) is 36.4 Å². The lowest BCUT2D eigenvalue weighted by Gasteiger charge is -2.20. The number of halogens is 2. The third kappa shape index (κ3) is 5.28. The third-order valence-electron chi connectivity index (χ3n) is 3.78. The van der Waals surface area contributed by atoms with Crippen LogP contribution in [0.4, 0.5) is 0 Å². The van der Waals surface area contributed by atoms with Gasteiger partial charge in [0, 0.05) is 17.1 Å². The van der Waals surface area contributed by atoms with Crippen molar-refractivity contribution in [3.05, 3.63) is 57.6 Å². The molecule has 1 N–H and O–H groups in total. The van der Waals surface area contributed by atoms with Gasteiger partial charge in [-0.1, -0.05) is 23.2 Å². The van der Waals surface area contributed by atoms with E-state index in [2.05, 4.69) is 5.32 Å². The molecule has 0 unspecified atom stereocenters. The van der Waals surface area contributed by atoms with Gasteiger partial charge in [-0.3, -0.25) is 9.59 Å². The first-order chi connectivity index (χ1) is 13.0. The van der Waals surface area contributed by atoms with Crippen molar-refractivity contribution in [3.8, 4) is 11.5 Å². The Hall–Kier alpha value is -2.44. The second-order valence-electron chi connectivity index (χ2n) is 5.78. The van der Waals surface area contributed by atoms with E-state index in [-0.39, 0.29) is 25.5 Å². The van der Waals surface area contributed by atoms with Crippen LogP contribution in [-0.4, -0.2) is 31.6 Å². The van der Waals surface area contributed by atoms with Crippen molar-refractivity contribution in [2.45, 2.75) is 13.0 Å². The lowest BCUT2D eigenvalue weighted by molar-refractivity contribution is -0.144. The summed E-state index contributed by atoms with van der Waals surface area (Å²) in [5, 5.41) is 3.62. The monoisotopic (exact) mass is 409 g/mol. The van der Waals surface area contributed by atoms with Gasteiger partial charge in [-0.2, -0.15) is 0 Å². The minimum absolute atomic E-state index is 0.0532. The summed E-state index contributed by atoms with van der Waals surface area (Å²) in [6, 6.07) is 9.89. The maximum absolute atomic E-state index is 11.9. The van der Waals surface area contributed by atoms with Crippen LogP contribution in [0.2, 0.25) is 10.0 Å². The number of hydrogen-bond donors (Lipinski definition) is 1. The van der Waals surface area contributed by atoms with Gasteiger partial charge in [-0.15, -0.1) is 0 Å². The zero-order valence-electron chi connectivity index (χ0n) is 14.3. The van der Waals surface area contributed by atoms with E-state index in [0.29, 0.717) is 45.9 Å². The molecule has 0 aliphatic carbocycles. The highest BCUT2D eigenvalue weighted by Gasteiger charge is 2.17. The van der Waals surface area contributed by atoms with Crippen molar-refractivity contribution in [2.75, 3.05) is 19.8 Å². The van der Waals surface area contributed by atoms with Crippen LogP contribution < -0.4 is 14.8 Å². The largest absolute Gasteiger partial charge is 0.486 e. The van der Waals surface area contributed by atoms with Gasteiger partial charge in [0.15, 0.2) is 11.5 Å². The maximum Gasteiger partial charge on any atom is 0.307 e. The van der Waals surface area contributed by atoms with E-state index < -0.39 is 5.97 Å². The molecule has 0 atom stereocenters. The van der Waals surface area contributed by atoms with Crippen molar-refractivity contribution in [2.24, 2.45) is 0 Å². The van der Waals surface area contributed by atoms with Gasteiger partial charge in [0.05, 0.1) is 11.4 Å². The molecule has 6 nitrogen and oxygen atoms in total. The summed E-state index contributed by atoms with van der Waals surface area (Å²) >= 11 is 11.9. The quantitative estimate of drug-likeness (QED) is 0.737. The molecule has 2 aromatic rings. The molecule has 1 heterocycles. The number of benzene rings is 2. The molecule has 0 aromatic heterocycles. The number of ether oxygens (including phenoxy) is 3. The van der Waals surface area contributed by atoms with Crippen LogP contribution in [0.3, 0.4) is 0 Å². The van der Waals surface area contributed by atoms with Crippen LogP contribution in [0.25, 0.3) is 0 Å². The number of hydrogen-bond acceptors (Lipinski definition) is 5. The predicted molar refractivity (Wildman–Crippen MR) is 101 cm³/mol. The Labute approximate surface area is 166 Å². The molecule has 0 spiro atoms. The molecule has 0 radical (unpaired) electrons. The Balaban J connectivity index is 1.44. The van der Waals surface area contributed by atoms with Crippen LogP contribution in [-0.2, 0) is 16.1 Å². The van der Waals surface area contributed by atoms with Crippen molar-refractivity contribution >= 4 is 35.1 Å². The van der Waals surface area contributed by atoms with Crippen LogP contribution in [0.1, 0.15) is 22.3 Å². The Kier molecular flexibility index (Phi) is 6.42. The molecule has 3 rings (SSSR count). The molecule has 2 aromatic carbocycles. The van der Waals surface area contributed by atoms with Crippen molar-refractivity contribution in [1.82, 2.24) is 5.32 Å². The fourth-order valence-corrected chi connectivity index (χ4v) is 2.88. The standard InChI is InChI=1S/C19H17Cl2NO5/c20-14-3-1-13(2-4-14)19(24)22-6-5-17(23)27-11-12-9-15(21)18-16(10-12)25-7-8-26-18/h1-4,9-10H,5-8,11H2,(H,22,24). The number of nitrogens with one attached hydrogen (secondary N) is 1. The van der Waals surface area contributed by atoms with Gasteiger partial charge >= 0.3 is 5.97 Å². The van der Waals surface area contributed by atoms with Crippen LogP contribution in [0.5, 0.6) is 11.5 Å². The van der Waals surface area contributed by atoms with Gasteiger partial charge in [0.25, 0.3) is 5.91 Å². The summed E-state index contributed by atoms with van der Waals surface area (Å²) in [7, 11) is 0. The first-order valence-electron chi connectivity index (χ1n) is 8.30. The van der Waals surface area contributed by atoms with E-state index in [1.807, 2.05) is 0 Å². The first-order valence-corrected chi connectivity index (χ1v) is 9.06. The van der Waals surface area contributed by atoms with Crippen molar-refractivity contribution in [3.63, 3.8) is 0 Å². The summed E-state index contributed by atoms with van der Waals surface area (Å²) in [5.74, 6) is 0.327. The van der Waals surface area contributed by atoms with Crippen LogP contribution in [0.15, 0.2) is 36.4 Å². The molecule has 0 saturated heterocycles. The molecule has 1 aliphatic heterocycles. The summed E-state index contributed by atoms with van der Waals surface area (Å²) in [6.07, 6.45) is 0.0532. The number of fused-ring (bicyclic) bond motifs is 1. The van der Waals surface area contributed by atoms with Crippen LogP contribution >= 0.6 is 23.2 Å². The Morgan fingerprint density at radius 1 is 1.07 bits per heavy atom. The van der Waals surface area contributed by atoms with E-state index >= 15 is 0 Å². The highest BCUT2D eigenvalue weighted by atomic mass is 35.5. The zero-order valence-corrected chi connectivity index (χ0v) is 15.8. The lowest BCUT2D eigenvalue weighted by Crippen LogP contribution is -2.26. The third-order valence-corrected chi connectivity index (χ3v) is 4.31. The summed E-state index contributed by atoms with van der Waals surface area (Å²) in [4.78, 5) is 23.8. The number of carbonyl (C=O) groups excluding carboxylic acids is 2. The molecule has 8 heteroatoms. The number of esters is 1. The summed E-state index contributed by atoms with van der Waals surface area (Å²) in [5.41, 5.74) is 1.17. The summed E-state index contributed by atoms with van der Waals surface area (Å²) < 4.78 is 16.1. The molecular weight excluding hydrogens is 393 g/mol. The van der Waals surface area contributed by atoms with E-state index in [9.17, 15) is 9.59 Å². The van der Waals surface area contributed by atoms with Crippen molar-refractivity contribution < 1.29 is 23.8 Å². The highest BCUT2D eigenvalue weighted by molar-refractivity contribution is 6.32. The normalized spacial score (nSPS) is 12.4. The summed E-state index contributed by atoms with van der Waals surface area (Å²) in [6.45, 7) is 1.12. The smallest absolute Gasteiger partial charge is 0.307 e. The predicted octanol–water partition coefficient (Wildman–Crippen LogP) is 3.63. The molecule has 0 saturated carbocycles. The van der Waals surface area contributed by atoms with E-state index in [1.165, 1.54) is 0 Å². The Bertz CT molecular complexity index is 839. The molecular formula is C19H17Cl2NO5. The second-order valence-corrected chi connectivity index (χ2v) is 6.62. The fourth-order valence-electron chi connectivity index (χ4n) is 2.46. The Morgan fingerprint density at radius 2 is 1.81 bits per heavy atom. The molecule has 1 aliphatic rings. The maximum atomic E-state index is 11.9. The average Bonchev–Trinajstić information content (AvgIpc) is 2.67. The number of carbonyl (C=O) groups is 2. The van der Waals surface area contributed by atoms with Gasteiger partial charge in [0.1, 0.15) is 19.8 Å². The number of amides is 1. The zero-order chi connectivity index (χ0) is 19.2. The van der Waals surface area contributed by atoms with Gasteiger partial charge < -0.3 is 19.5 Å². The minimum atomic E-state index is -0.433. The molecule has 0 bridgehead atoms. The topological polar surface area (TPSA) is 73.9 Å². The second kappa shape index (κ2) is 8.97. The number of rotatable bonds is 6. The van der Waals surface area contributed by atoms with E-state index in [0.717, 1.165) is 0 Å². The molecule has 27 heavy (non-hydrogen) atoms. The average molecular weight is 410 g/mol. The molecule has 0 fully saturated rings. The lowest BCUT2D eigenvalue weighted by atomic mass is 10.2. The fraction of sp³-hybridized carbons (Fsp3) is 0.263. The highest BCUT2D eigenvalue weighted by Crippen LogP contribution is 2.38. The van der Waals surface area contributed by atoms with Crippen molar-refractivity contribution in [1.29, 1.82) is 0 Å². The first kappa shape index (κ1) is 19.3. The minimum Gasteiger partial charge on any atom is -0.486 e.